The molecule has 5 heteroatoms. The van der Waals surface area contributed by atoms with Gasteiger partial charge in [0.05, 0.1) is 38.2 Å². The fourth-order valence-corrected chi connectivity index (χ4v) is 1.52. The van der Waals surface area contributed by atoms with Crippen molar-refractivity contribution in [3.63, 3.8) is 0 Å². The third kappa shape index (κ3) is 5.40. The van der Waals surface area contributed by atoms with E-state index in [1.807, 2.05) is 0 Å². The van der Waals surface area contributed by atoms with E-state index in [2.05, 4.69) is 27.8 Å². The first-order valence-electron chi connectivity index (χ1n) is 6.68. The minimum Gasteiger partial charge on any atom is -0.545 e. The van der Waals surface area contributed by atoms with Crippen LogP contribution >= 0.6 is 0 Å². The van der Waals surface area contributed by atoms with Gasteiger partial charge in [0.2, 0.25) is 0 Å². The van der Waals surface area contributed by atoms with Crippen molar-refractivity contribution in [2.45, 2.75) is 20.8 Å². The SMILES string of the molecule is CC[N+](C)(CC)CC.O=C([O-])c1ccccc1C(=O)O. The van der Waals surface area contributed by atoms with Crippen molar-refractivity contribution in [1.29, 1.82) is 0 Å². The maximum Gasteiger partial charge on any atom is 0.336 e. The molecule has 0 saturated carbocycles. The van der Waals surface area contributed by atoms with Crippen LogP contribution in [-0.4, -0.2) is 48.2 Å². The molecule has 1 aromatic carbocycles. The first-order chi connectivity index (χ1) is 9.31. The Labute approximate surface area is 120 Å². The van der Waals surface area contributed by atoms with E-state index in [9.17, 15) is 14.7 Å². The Morgan fingerprint density at radius 1 is 1.05 bits per heavy atom. The highest BCUT2D eigenvalue weighted by Crippen LogP contribution is 2.06. The first-order valence-corrected chi connectivity index (χ1v) is 6.68. The highest BCUT2D eigenvalue weighted by molar-refractivity contribution is 6.00. The average molecular weight is 281 g/mol. The summed E-state index contributed by atoms with van der Waals surface area (Å²) in [5.74, 6) is -2.75. The summed E-state index contributed by atoms with van der Waals surface area (Å²) in [6.45, 7) is 10.5. The van der Waals surface area contributed by atoms with Gasteiger partial charge in [0, 0.05) is 5.56 Å². The summed E-state index contributed by atoms with van der Waals surface area (Å²) in [4.78, 5) is 20.8. The van der Waals surface area contributed by atoms with Crippen LogP contribution in [0.2, 0.25) is 0 Å². The number of carbonyl (C=O) groups is 2. The van der Waals surface area contributed by atoms with Gasteiger partial charge in [-0.25, -0.2) is 4.79 Å². The van der Waals surface area contributed by atoms with E-state index in [0.29, 0.717) is 0 Å². The van der Waals surface area contributed by atoms with Crippen LogP contribution in [0.4, 0.5) is 0 Å². The zero-order chi connectivity index (χ0) is 15.8. The normalized spacial score (nSPS) is 10.4. The summed E-state index contributed by atoms with van der Waals surface area (Å²) in [6, 6.07) is 5.31. The Morgan fingerprint density at radius 2 is 1.45 bits per heavy atom. The van der Waals surface area contributed by atoms with Gasteiger partial charge in [0.25, 0.3) is 0 Å². The van der Waals surface area contributed by atoms with Crippen molar-refractivity contribution < 1.29 is 24.3 Å². The van der Waals surface area contributed by atoms with Gasteiger partial charge in [0.1, 0.15) is 0 Å². The molecule has 1 aromatic rings. The van der Waals surface area contributed by atoms with Crippen LogP contribution in [0, 0.1) is 0 Å². The van der Waals surface area contributed by atoms with Gasteiger partial charge in [-0.05, 0) is 26.8 Å². The second-order valence-electron chi connectivity index (χ2n) is 4.71. The number of rotatable bonds is 5. The Kier molecular flexibility index (Phi) is 7.54. The van der Waals surface area contributed by atoms with Crippen molar-refractivity contribution in [2.75, 3.05) is 26.7 Å². The van der Waals surface area contributed by atoms with E-state index >= 15 is 0 Å². The lowest BCUT2D eigenvalue weighted by atomic mass is 10.1. The molecule has 0 aliphatic heterocycles. The van der Waals surface area contributed by atoms with Crippen molar-refractivity contribution in [3.05, 3.63) is 35.4 Å². The molecule has 0 atom stereocenters. The van der Waals surface area contributed by atoms with Gasteiger partial charge in [0.15, 0.2) is 0 Å². The van der Waals surface area contributed by atoms with Crippen LogP contribution in [0.15, 0.2) is 24.3 Å². The Hall–Kier alpha value is -1.88. The van der Waals surface area contributed by atoms with Gasteiger partial charge in [-0.15, -0.1) is 0 Å². The summed E-state index contributed by atoms with van der Waals surface area (Å²) in [5.41, 5.74) is -0.553. The highest BCUT2D eigenvalue weighted by Gasteiger charge is 2.11. The zero-order valence-electron chi connectivity index (χ0n) is 12.5. The van der Waals surface area contributed by atoms with Gasteiger partial charge in [-0.3, -0.25) is 0 Å². The quantitative estimate of drug-likeness (QED) is 0.824. The molecule has 0 amide bonds. The number of hydrogen-bond donors (Lipinski definition) is 1. The van der Waals surface area contributed by atoms with Crippen molar-refractivity contribution in [2.24, 2.45) is 0 Å². The van der Waals surface area contributed by atoms with Crippen LogP contribution in [0.3, 0.4) is 0 Å². The van der Waals surface area contributed by atoms with E-state index in [1.54, 1.807) is 0 Å². The van der Waals surface area contributed by atoms with Crippen LogP contribution in [0.1, 0.15) is 41.5 Å². The molecule has 112 valence electrons. The topological polar surface area (TPSA) is 77.4 Å². The molecule has 0 radical (unpaired) electrons. The van der Waals surface area contributed by atoms with E-state index in [1.165, 1.54) is 48.4 Å². The second kappa shape index (κ2) is 8.32. The lowest BCUT2D eigenvalue weighted by Gasteiger charge is -2.30. The van der Waals surface area contributed by atoms with Gasteiger partial charge in [-0.1, -0.05) is 18.2 Å². The van der Waals surface area contributed by atoms with Crippen molar-refractivity contribution >= 4 is 11.9 Å². The summed E-state index contributed by atoms with van der Waals surface area (Å²) >= 11 is 0. The maximum absolute atomic E-state index is 10.4. The van der Waals surface area contributed by atoms with Crippen molar-refractivity contribution in [1.82, 2.24) is 0 Å². The number of benzene rings is 1. The number of quaternary nitrogens is 1. The largest absolute Gasteiger partial charge is 0.545 e. The molecular weight excluding hydrogens is 258 g/mol. The molecule has 0 aromatic heterocycles. The van der Waals surface area contributed by atoms with Crippen molar-refractivity contribution in [3.8, 4) is 0 Å². The third-order valence-electron chi connectivity index (χ3n) is 3.67. The van der Waals surface area contributed by atoms with Gasteiger partial charge < -0.3 is 19.5 Å². The Bertz CT molecular complexity index is 412. The number of hydrogen-bond acceptors (Lipinski definition) is 3. The van der Waals surface area contributed by atoms with E-state index in [0.717, 1.165) is 0 Å². The number of aromatic carboxylic acids is 2. The molecule has 5 nitrogen and oxygen atoms in total. The molecule has 0 heterocycles. The summed E-state index contributed by atoms with van der Waals surface area (Å²) in [7, 11) is 2.29. The molecule has 0 unspecified atom stereocenters. The molecule has 1 rings (SSSR count). The first kappa shape index (κ1) is 18.1. The third-order valence-corrected chi connectivity index (χ3v) is 3.67. The molecule has 0 spiro atoms. The number of carboxylic acids is 2. The minimum atomic E-state index is -1.48. The molecule has 0 aliphatic carbocycles. The predicted octanol–water partition coefficient (Wildman–Crippen LogP) is 1.24. The van der Waals surface area contributed by atoms with Crippen LogP contribution in [0.25, 0.3) is 0 Å². The van der Waals surface area contributed by atoms with Crippen LogP contribution in [-0.2, 0) is 0 Å². The zero-order valence-corrected chi connectivity index (χ0v) is 12.5. The molecule has 0 saturated heterocycles. The standard InChI is InChI=1S/C8H6O4.C7H18N/c9-7(10)5-3-1-2-4-6(5)8(11)12;1-5-8(4,6-2)7-3/h1-4H,(H,9,10)(H,11,12);5-7H2,1-4H3/q;+1/p-1. The van der Waals surface area contributed by atoms with E-state index < -0.39 is 11.9 Å². The molecule has 1 N–H and O–H groups in total. The summed E-state index contributed by atoms with van der Waals surface area (Å²) in [5, 5.41) is 18.9. The molecular formula is C15H23NO4. The van der Waals surface area contributed by atoms with E-state index in [-0.39, 0.29) is 11.1 Å². The van der Waals surface area contributed by atoms with Gasteiger partial charge in [-0.2, -0.15) is 0 Å². The summed E-state index contributed by atoms with van der Waals surface area (Å²) < 4.78 is 1.21. The maximum atomic E-state index is 10.4. The summed E-state index contributed by atoms with van der Waals surface area (Å²) in [6.07, 6.45) is 0. The lowest BCUT2D eigenvalue weighted by Crippen LogP contribution is -2.42. The molecule has 0 fully saturated rings. The average Bonchev–Trinajstić information content (AvgIpc) is 2.47. The van der Waals surface area contributed by atoms with Crippen LogP contribution in [0.5, 0.6) is 0 Å². The fraction of sp³-hybridized carbons (Fsp3) is 0.467. The Morgan fingerprint density at radius 3 is 1.65 bits per heavy atom. The highest BCUT2D eigenvalue weighted by atomic mass is 16.4. The number of nitrogens with zero attached hydrogens (tertiary/aromatic N) is 1. The monoisotopic (exact) mass is 281 g/mol. The predicted molar refractivity (Wildman–Crippen MR) is 75.5 cm³/mol. The molecule has 20 heavy (non-hydrogen) atoms. The smallest absolute Gasteiger partial charge is 0.336 e. The number of carboxylic acid groups (broad SMARTS) is 2. The Balaban J connectivity index is 0.000000396. The van der Waals surface area contributed by atoms with Gasteiger partial charge >= 0.3 is 5.97 Å². The minimum absolute atomic E-state index is 0.252. The van der Waals surface area contributed by atoms with E-state index in [4.69, 9.17) is 5.11 Å². The lowest BCUT2D eigenvalue weighted by molar-refractivity contribution is -0.904. The molecule has 0 bridgehead atoms. The second-order valence-corrected chi connectivity index (χ2v) is 4.71. The fourth-order valence-electron chi connectivity index (χ4n) is 1.52. The van der Waals surface area contributed by atoms with Crippen LogP contribution < -0.4 is 5.11 Å². The molecule has 0 aliphatic rings. The number of carbonyl (C=O) groups excluding carboxylic acids is 1.